The fourth-order valence-corrected chi connectivity index (χ4v) is 3.01. The lowest BCUT2D eigenvalue weighted by molar-refractivity contribution is -0.116. The van der Waals surface area contributed by atoms with Crippen molar-refractivity contribution in [2.24, 2.45) is 0 Å². The summed E-state index contributed by atoms with van der Waals surface area (Å²) >= 11 is 1.45. The van der Waals surface area contributed by atoms with Gasteiger partial charge in [0.15, 0.2) is 0 Å². The monoisotopic (exact) mass is 299 g/mol. The van der Waals surface area contributed by atoms with E-state index in [1.54, 1.807) is 0 Å². The van der Waals surface area contributed by atoms with Crippen LogP contribution in [-0.2, 0) is 11.2 Å². The third-order valence-corrected chi connectivity index (χ3v) is 4.49. The first-order valence-corrected chi connectivity index (χ1v) is 7.47. The van der Waals surface area contributed by atoms with Gasteiger partial charge >= 0.3 is 0 Å². The quantitative estimate of drug-likeness (QED) is 0.849. The Hall–Kier alpha value is -2.32. The largest absolute Gasteiger partial charge is 0.399 e. The van der Waals surface area contributed by atoms with E-state index >= 15 is 0 Å². The lowest BCUT2D eigenvalue weighted by Gasteiger charge is -2.04. The summed E-state index contributed by atoms with van der Waals surface area (Å²) in [5, 5.41) is 12.6. The normalized spacial score (nSPS) is 10.1. The van der Waals surface area contributed by atoms with Crippen molar-refractivity contribution in [2.75, 3.05) is 11.1 Å². The van der Waals surface area contributed by atoms with Gasteiger partial charge in [-0.25, -0.2) is 0 Å². The number of nitrogens with two attached hydrogens (primary N) is 1. The van der Waals surface area contributed by atoms with Crippen LogP contribution in [0.5, 0.6) is 0 Å². The molecule has 0 bridgehead atoms. The Morgan fingerprint density at radius 3 is 2.62 bits per heavy atom. The number of anilines is 2. The van der Waals surface area contributed by atoms with Crippen molar-refractivity contribution in [1.82, 2.24) is 0 Å². The van der Waals surface area contributed by atoms with Crippen LogP contribution in [0, 0.1) is 25.2 Å². The molecule has 0 atom stereocenters. The number of nitrogens with one attached hydrogen (secondary N) is 1. The van der Waals surface area contributed by atoms with E-state index in [0.717, 1.165) is 16.0 Å². The molecule has 4 nitrogen and oxygen atoms in total. The van der Waals surface area contributed by atoms with Crippen molar-refractivity contribution >= 4 is 27.9 Å². The molecule has 1 amide bonds. The summed E-state index contributed by atoms with van der Waals surface area (Å²) in [4.78, 5) is 13.1. The van der Waals surface area contributed by atoms with E-state index in [1.165, 1.54) is 11.3 Å². The average Bonchev–Trinajstić information content (AvgIpc) is 2.72. The molecule has 0 fully saturated rings. The number of nitrogens with zero attached hydrogens (tertiary/aromatic N) is 1. The maximum absolute atomic E-state index is 12.0. The maximum atomic E-state index is 12.0. The molecule has 21 heavy (non-hydrogen) atoms. The summed E-state index contributed by atoms with van der Waals surface area (Å²) in [7, 11) is 0. The number of benzene rings is 1. The molecule has 1 aromatic carbocycles. The van der Waals surface area contributed by atoms with E-state index in [9.17, 15) is 4.79 Å². The van der Waals surface area contributed by atoms with E-state index in [-0.39, 0.29) is 5.91 Å². The molecule has 5 heteroatoms. The molecule has 0 saturated carbocycles. The molecule has 0 aliphatic rings. The van der Waals surface area contributed by atoms with Crippen LogP contribution < -0.4 is 11.1 Å². The van der Waals surface area contributed by atoms with Crippen LogP contribution in [-0.4, -0.2) is 5.91 Å². The van der Waals surface area contributed by atoms with Crippen molar-refractivity contribution < 1.29 is 4.79 Å². The summed E-state index contributed by atoms with van der Waals surface area (Å²) < 4.78 is 0. The van der Waals surface area contributed by atoms with E-state index in [1.807, 2.05) is 38.1 Å². The highest BCUT2D eigenvalue weighted by molar-refractivity contribution is 7.16. The Morgan fingerprint density at radius 1 is 1.33 bits per heavy atom. The summed E-state index contributed by atoms with van der Waals surface area (Å²) in [6.07, 6.45) is 1.03. The number of hydrogen-bond donors (Lipinski definition) is 2. The Balaban J connectivity index is 1.98. The summed E-state index contributed by atoms with van der Waals surface area (Å²) in [5.41, 5.74) is 8.92. The zero-order valence-electron chi connectivity index (χ0n) is 12.1. The number of rotatable bonds is 4. The number of carbonyl (C=O) groups excluding carboxylic acids is 1. The number of nitriles is 1. The van der Waals surface area contributed by atoms with Crippen LogP contribution in [0.2, 0.25) is 0 Å². The molecule has 1 heterocycles. The zero-order valence-corrected chi connectivity index (χ0v) is 12.9. The minimum atomic E-state index is -0.0791. The smallest absolute Gasteiger partial charge is 0.225 e. The second kappa shape index (κ2) is 6.42. The van der Waals surface area contributed by atoms with Gasteiger partial charge in [0.05, 0.1) is 5.56 Å². The van der Waals surface area contributed by atoms with Gasteiger partial charge in [0.2, 0.25) is 5.91 Å². The van der Waals surface area contributed by atoms with Crippen molar-refractivity contribution in [3.05, 3.63) is 45.8 Å². The van der Waals surface area contributed by atoms with Crippen LogP contribution in [0.25, 0.3) is 0 Å². The van der Waals surface area contributed by atoms with Gasteiger partial charge in [-0.3, -0.25) is 4.79 Å². The third kappa shape index (κ3) is 3.61. The van der Waals surface area contributed by atoms with Crippen LogP contribution in [0.15, 0.2) is 24.3 Å². The minimum Gasteiger partial charge on any atom is -0.399 e. The molecule has 2 rings (SSSR count). The molecular weight excluding hydrogens is 282 g/mol. The molecule has 2 aromatic rings. The SMILES string of the molecule is Cc1sc(NC(=O)CCc2ccc(N)cc2)c(C#N)c1C. The van der Waals surface area contributed by atoms with E-state index in [2.05, 4.69) is 11.4 Å². The Labute approximate surface area is 128 Å². The fourth-order valence-electron chi connectivity index (χ4n) is 1.98. The molecule has 0 radical (unpaired) electrons. The average molecular weight is 299 g/mol. The van der Waals surface area contributed by atoms with E-state index in [0.29, 0.717) is 29.1 Å². The van der Waals surface area contributed by atoms with E-state index in [4.69, 9.17) is 11.0 Å². The lowest BCUT2D eigenvalue weighted by Crippen LogP contribution is -2.12. The van der Waals surface area contributed by atoms with Gasteiger partial charge in [0.25, 0.3) is 0 Å². The van der Waals surface area contributed by atoms with Gasteiger partial charge in [0.1, 0.15) is 11.1 Å². The highest BCUT2D eigenvalue weighted by Crippen LogP contribution is 2.31. The lowest BCUT2D eigenvalue weighted by atomic mass is 10.1. The predicted molar refractivity (Wildman–Crippen MR) is 86.3 cm³/mol. The molecule has 0 unspecified atom stereocenters. The molecule has 108 valence electrons. The Kier molecular flexibility index (Phi) is 4.61. The molecular formula is C16H17N3OS. The van der Waals surface area contributed by atoms with Gasteiger partial charge < -0.3 is 11.1 Å². The first kappa shape index (κ1) is 15.1. The van der Waals surface area contributed by atoms with Gasteiger partial charge in [0, 0.05) is 17.0 Å². The topological polar surface area (TPSA) is 78.9 Å². The van der Waals surface area contributed by atoms with Gasteiger partial charge in [-0.15, -0.1) is 11.3 Å². The maximum Gasteiger partial charge on any atom is 0.225 e. The zero-order chi connectivity index (χ0) is 15.4. The first-order valence-electron chi connectivity index (χ1n) is 6.65. The number of aryl methyl sites for hydroxylation is 2. The fraction of sp³-hybridized carbons (Fsp3) is 0.250. The van der Waals surface area contributed by atoms with Crippen LogP contribution >= 0.6 is 11.3 Å². The molecule has 1 aromatic heterocycles. The van der Waals surface area contributed by atoms with E-state index < -0.39 is 0 Å². The van der Waals surface area contributed by atoms with Crippen molar-refractivity contribution in [3.8, 4) is 6.07 Å². The number of hydrogen-bond acceptors (Lipinski definition) is 4. The highest BCUT2D eigenvalue weighted by atomic mass is 32.1. The number of nitrogen functional groups attached to an aromatic ring is 1. The van der Waals surface area contributed by atoms with Crippen molar-refractivity contribution in [1.29, 1.82) is 5.26 Å². The third-order valence-electron chi connectivity index (χ3n) is 3.37. The van der Waals surface area contributed by atoms with Crippen molar-refractivity contribution in [3.63, 3.8) is 0 Å². The van der Waals surface area contributed by atoms with Crippen molar-refractivity contribution in [2.45, 2.75) is 26.7 Å². The number of carbonyl (C=O) groups is 1. The summed E-state index contributed by atoms with van der Waals surface area (Å²) in [6, 6.07) is 9.64. The molecule has 0 aliphatic carbocycles. The van der Waals surface area contributed by atoms with Crippen LogP contribution in [0.1, 0.15) is 28.0 Å². The Bertz CT molecular complexity index is 696. The first-order chi connectivity index (χ1) is 10.0. The summed E-state index contributed by atoms with van der Waals surface area (Å²) in [6.45, 7) is 3.85. The second-order valence-electron chi connectivity index (χ2n) is 4.89. The molecule has 0 spiro atoms. The van der Waals surface area contributed by atoms with Crippen LogP contribution in [0.3, 0.4) is 0 Å². The molecule has 0 aliphatic heterocycles. The Morgan fingerprint density at radius 2 is 2.00 bits per heavy atom. The molecule has 3 N–H and O–H groups in total. The molecule has 0 saturated heterocycles. The minimum absolute atomic E-state index is 0.0791. The number of amides is 1. The summed E-state index contributed by atoms with van der Waals surface area (Å²) in [5.74, 6) is -0.0791. The van der Waals surface area contributed by atoms with Crippen LogP contribution in [0.4, 0.5) is 10.7 Å². The van der Waals surface area contributed by atoms with Gasteiger partial charge in [-0.05, 0) is 43.5 Å². The second-order valence-corrected chi connectivity index (χ2v) is 6.11. The van der Waals surface area contributed by atoms with Gasteiger partial charge in [-0.2, -0.15) is 5.26 Å². The van der Waals surface area contributed by atoms with Gasteiger partial charge in [-0.1, -0.05) is 12.1 Å². The predicted octanol–water partition coefficient (Wildman–Crippen LogP) is 3.39. The number of thiophene rings is 1. The standard InChI is InChI=1S/C16H17N3OS/c1-10-11(2)21-16(14(10)9-17)19-15(20)8-5-12-3-6-13(18)7-4-12/h3-4,6-7H,5,8,18H2,1-2H3,(H,19,20). The highest BCUT2D eigenvalue weighted by Gasteiger charge is 2.14.